The van der Waals surface area contributed by atoms with Crippen LogP contribution < -0.4 is 16.0 Å². The van der Waals surface area contributed by atoms with Crippen molar-refractivity contribution in [3.05, 3.63) is 71.4 Å². The van der Waals surface area contributed by atoms with Crippen molar-refractivity contribution in [1.82, 2.24) is 40.3 Å². The number of piperazine rings is 1. The molecule has 15 heteroatoms. The summed E-state index contributed by atoms with van der Waals surface area (Å²) in [7, 11) is 0. The summed E-state index contributed by atoms with van der Waals surface area (Å²) in [4.78, 5) is 34.7. The first-order valence-corrected chi connectivity index (χ1v) is 22.3. The third-order valence-electron chi connectivity index (χ3n) is 12.5. The van der Waals surface area contributed by atoms with Gasteiger partial charge < -0.3 is 25.8 Å². The molecule has 4 fully saturated rings. The normalized spacial score (nSPS) is 20.8. The van der Waals surface area contributed by atoms with E-state index in [1.54, 1.807) is 23.5 Å². The lowest BCUT2D eigenvalue weighted by atomic mass is 9.89. The largest absolute Gasteiger partial charge is 0.507 e. The molecule has 0 saturated carbocycles. The number of thiazole rings is 1. The molecule has 60 heavy (non-hydrogen) atoms. The summed E-state index contributed by atoms with van der Waals surface area (Å²) >= 11 is 1.65. The van der Waals surface area contributed by atoms with Crippen LogP contribution in [0.2, 0.25) is 0 Å². The molecule has 1 spiro atoms. The molecule has 4 aliphatic heterocycles. The Morgan fingerprint density at radius 2 is 1.75 bits per heavy atom. The smallest absolute Gasteiger partial charge is 0.240 e. The van der Waals surface area contributed by atoms with E-state index in [2.05, 4.69) is 76.2 Å². The van der Waals surface area contributed by atoms with Crippen molar-refractivity contribution < 1.29 is 19.5 Å². The van der Waals surface area contributed by atoms with E-state index in [9.17, 15) is 9.90 Å². The lowest BCUT2D eigenvalue weighted by molar-refractivity contribution is -0.179. The molecule has 2 aromatic heterocycles. The summed E-state index contributed by atoms with van der Waals surface area (Å²) in [6, 6.07) is 17.1. The summed E-state index contributed by atoms with van der Waals surface area (Å²) in [5, 5.41) is 23.9. The average molecular weight is 835 g/mol. The number of rotatable bonds is 12. The van der Waals surface area contributed by atoms with Gasteiger partial charge in [0.15, 0.2) is 5.82 Å². The zero-order valence-corrected chi connectivity index (χ0v) is 35.7. The number of hydrogen-bond acceptors (Lipinski definition) is 14. The van der Waals surface area contributed by atoms with Gasteiger partial charge in [-0.05, 0) is 68.9 Å². The summed E-state index contributed by atoms with van der Waals surface area (Å²) in [6.07, 6.45) is 3.53. The van der Waals surface area contributed by atoms with Crippen molar-refractivity contribution >= 4 is 28.7 Å². The number of nitrogens with one attached hydrogen (secondary N) is 1. The summed E-state index contributed by atoms with van der Waals surface area (Å²) < 4.78 is 6.44. The Kier molecular flexibility index (Phi) is 13.6. The number of carbonyl (C=O) groups is 1. The highest BCUT2D eigenvalue weighted by molar-refractivity contribution is 7.13. The first-order chi connectivity index (χ1) is 29.2. The zero-order chi connectivity index (χ0) is 41.5. The van der Waals surface area contributed by atoms with E-state index in [1.165, 1.54) is 4.88 Å². The molecule has 1 amide bonds. The molecule has 14 nitrogen and oxygen atoms in total. The third kappa shape index (κ3) is 10.1. The highest BCUT2D eigenvalue weighted by Gasteiger charge is 2.40. The van der Waals surface area contributed by atoms with E-state index >= 15 is 0 Å². The van der Waals surface area contributed by atoms with Gasteiger partial charge in [-0.1, -0.05) is 48.2 Å². The Morgan fingerprint density at radius 1 is 1.00 bits per heavy atom. The number of benzene rings is 2. The number of hydrogen-bond donors (Lipinski definition) is 3. The topological polar surface area (TPSA) is 149 Å². The van der Waals surface area contributed by atoms with Gasteiger partial charge in [-0.2, -0.15) is 5.06 Å². The number of piperidine rings is 1. The SMILES string of the molecule is Cc1ncsc1-c1ccc([C@H](C)NC(=O)[C@@H]2CCCN2OCCN2CCN(CC#CCN3CCOC4(CCN(c5cc(-c6ccccc6O)nnc5N)CC4)C3)CC2)cc1. The first kappa shape index (κ1) is 42.0. The van der Waals surface area contributed by atoms with Gasteiger partial charge in [0.1, 0.15) is 11.8 Å². The molecule has 0 bridgehead atoms. The van der Waals surface area contributed by atoms with Crippen LogP contribution in [-0.2, 0) is 14.4 Å². The summed E-state index contributed by atoms with van der Waals surface area (Å²) in [6.45, 7) is 15.8. The Bertz CT molecular complexity index is 2120. The number of nitrogens with two attached hydrogens (primary N) is 1. The van der Waals surface area contributed by atoms with Crippen molar-refractivity contribution in [2.75, 3.05) is 102 Å². The Hall–Kier alpha value is -4.66. The number of morpholine rings is 1. The second-order valence-electron chi connectivity index (χ2n) is 16.5. The van der Waals surface area contributed by atoms with Crippen molar-refractivity contribution in [3.63, 3.8) is 0 Å². The molecule has 318 valence electrons. The highest BCUT2D eigenvalue weighted by Crippen LogP contribution is 2.36. The molecule has 4 aliphatic rings. The fraction of sp³-hybridized carbons (Fsp3) is 0.511. The maximum absolute atomic E-state index is 13.3. The van der Waals surface area contributed by atoms with Crippen LogP contribution in [0.4, 0.5) is 11.5 Å². The van der Waals surface area contributed by atoms with Crippen molar-refractivity contribution in [3.8, 4) is 39.3 Å². The minimum Gasteiger partial charge on any atom is -0.507 e. The van der Waals surface area contributed by atoms with Crippen LogP contribution in [0.5, 0.6) is 5.75 Å². The van der Waals surface area contributed by atoms with Crippen LogP contribution in [0.3, 0.4) is 0 Å². The Balaban J connectivity index is 0.719. The lowest BCUT2D eigenvalue weighted by Crippen LogP contribution is -2.57. The number of phenols is 1. The third-order valence-corrected chi connectivity index (χ3v) is 13.4. The molecule has 2 aromatic carbocycles. The lowest BCUT2D eigenvalue weighted by Gasteiger charge is -2.47. The molecule has 6 heterocycles. The molecule has 4 aromatic rings. The molecule has 8 rings (SSSR count). The molecular formula is C45H58N10O4S. The number of hydroxylamine groups is 2. The maximum Gasteiger partial charge on any atom is 0.240 e. The van der Waals surface area contributed by atoms with Crippen molar-refractivity contribution in [1.29, 1.82) is 0 Å². The minimum absolute atomic E-state index is 0.0260. The minimum atomic E-state index is -0.264. The fourth-order valence-corrected chi connectivity index (χ4v) is 9.64. The zero-order valence-electron chi connectivity index (χ0n) is 34.9. The van der Waals surface area contributed by atoms with Gasteiger partial charge in [0.2, 0.25) is 5.91 Å². The van der Waals surface area contributed by atoms with Crippen LogP contribution in [0, 0.1) is 18.8 Å². The number of nitrogen functional groups attached to an aromatic ring is 1. The average Bonchev–Trinajstić information content (AvgIpc) is 3.93. The molecule has 2 atom stereocenters. The number of aromatic hydroxyl groups is 1. The molecule has 0 unspecified atom stereocenters. The summed E-state index contributed by atoms with van der Waals surface area (Å²) in [5.74, 6) is 7.49. The second kappa shape index (κ2) is 19.4. The van der Waals surface area contributed by atoms with Gasteiger partial charge in [-0.25, -0.2) is 4.98 Å². The van der Waals surface area contributed by atoms with E-state index in [0.717, 1.165) is 127 Å². The molecule has 0 aliphatic carbocycles. The number of ether oxygens (including phenoxy) is 1. The van der Waals surface area contributed by atoms with Crippen molar-refractivity contribution in [2.45, 2.75) is 57.2 Å². The molecule has 4 N–H and O–H groups in total. The van der Waals surface area contributed by atoms with Crippen LogP contribution >= 0.6 is 11.3 Å². The summed E-state index contributed by atoms with van der Waals surface area (Å²) in [5.41, 5.74) is 13.3. The maximum atomic E-state index is 13.3. The quantitative estimate of drug-likeness (QED) is 0.173. The first-order valence-electron chi connectivity index (χ1n) is 21.4. The Labute approximate surface area is 357 Å². The molecule has 4 saturated heterocycles. The van der Waals surface area contributed by atoms with Crippen molar-refractivity contribution in [2.24, 2.45) is 0 Å². The van der Waals surface area contributed by atoms with Crippen LogP contribution in [-0.4, -0.2) is 149 Å². The Morgan fingerprint density at radius 3 is 2.50 bits per heavy atom. The predicted octanol–water partition coefficient (Wildman–Crippen LogP) is 4.43. The number of anilines is 2. The van der Waals surface area contributed by atoms with E-state index in [0.29, 0.717) is 30.3 Å². The van der Waals surface area contributed by atoms with Gasteiger partial charge in [-0.3, -0.25) is 24.3 Å². The van der Waals surface area contributed by atoms with E-state index < -0.39 is 0 Å². The number of aryl methyl sites for hydroxylation is 1. The molecular weight excluding hydrogens is 777 g/mol. The van der Waals surface area contributed by atoms with Crippen LogP contribution in [0.25, 0.3) is 21.7 Å². The number of para-hydroxylation sites is 1. The predicted molar refractivity (Wildman–Crippen MR) is 235 cm³/mol. The van der Waals surface area contributed by atoms with Gasteiger partial charge in [0.25, 0.3) is 0 Å². The van der Waals surface area contributed by atoms with Crippen LogP contribution in [0.1, 0.15) is 49.9 Å². The van der Waals surface area contributed by atoms with E-state index in [1.807, 2.05) is 42.6 Å². The number of carbonyl (C=O) groups excluding carboxylic acids is 1. The van der Waals surface area contributed by atoms with Gasteiger partial charge in [0, 0.05) is 71.0 Å². The van der Waals surface area contributed by atoms with Gasteiger partial charge in [0.05, 0.1) is 65.4 Å². The van der Waals surface area contributed by atoms with Gasteiger partial charge >= 0.3 is 0 Å². The highest BCUT2D eigenvalue weighted by atomic mass is 32.1. The standard InChI is InChI=1S/C45H58N10O4S/c1-33(35-11-13-36(14-12-35)42-34(2)47-32-60-42)48-44(57)39-9-7-19-55(39)59-29-27-52-24-22-51(23-25-52)17-5-6-18-53-26-28-58-45(31-53)15-20-54(21-16-45)40-30-38(49-50-43(40)46)37-8-3-4-10-41(37)56/h3-4,8,10-14,30,32-33,39,56H,7,9,15-29,31H2,1-2H3,(H2,46,50)(H,48,57)/t33-,39-/m0/s1. The second-order valence-corrected chi connectivity index (χ2v) is 17.3. The van der Waals surface area contributed by atoms with E-state index in [-0.39, 0.29) is 29.3 Å². The van der Waals surface area contributed by atoms with Gasteiger partial charge in [-0.15, -0.1) is 21.5 Å². The van der Waals surface area contributed by atoms with E-state index in [4.69, 9.17) is 15.3 Å². The fourth-order valence-electron chi connectivity index (χ4n) is 8.83. The van der Waals surface area contributed by atoms with Crippen LogP contribution in [0.15, 0.2) is 60.1 Å². The molecule has 0 radical (unpaired) electrons. The number of phenolic OH excluding ortho intramolecular Hbond substituents is 1. The monoisotopic (exact) mass is 834 g/mol. The number of amides is 1. The number of aromatic nitrogens is 3. The number of nitrogens with zero attached hydrogens (tertiary/aromatic N) is 8.